The van der Waals surface area contributed by atoms with Crippen molar-refractivity contribution < 1.29 is 4.74 Å². The monoisotopic (exact) mass is 281 g/mol. The van der Waals surface area contributed by atoms with Crippen LogP contribution in [0.25, 0.3) is 0 Å². The summed E-state index contributed by atoms with van der Waals surface area (Å²) in [4.78, 5) is 1.30. The van der Waals surface area contributed by atoms with Crippen molar-refractivity contribution in [3.63, 3.8) is 0 Å². The average Bonchev–Trinajstić information content (AvgIpc) is 2.82. The Morgan fingerprint density at radius 1 is 1.33 bits per heavy atom. The molecule has 0 saturated carbocycles. The molecule has 0 spiro atoms. The van der Waals surface area contributed by atoms with Crippen molar-refractivity contribution >= 4 is 28.6 Å². The molecule has 2 aromatic rings. The van der Waals surface area contributed by atoms with E-state index in [2.05, 4.69) is 16.8 Å². The van der Waals surface area contributed by atoms with Crippen molar-refractivity contribution in [3.05, 3.63) is 45.6 Å². The Kier molecular flexibility index (Phi) is 4.50. The molecule has 0 aliphatic heterocycles. The van der Waals surface area contributed by atoms with E-state index in [1.54, 1.807) is 11.3 Å². The third-order valence-electron chi connectivity index (χ3n) is 2.34. The van der Waals surface area contributed by atoms with Gasteiger partial charge in [-0.25, -0.2) is 0 Å². The number of benzene rings is 1. The van der Waals surface area contributed by atoms with E-state index >= 15 is 0 Å². The molecule has 96 valence electrons. The first-order valence-electron chi connectivity index (χ1n) is 5.87. The van der Waals surface area contributed by atoms with Crippen LogP contribution in [-0.2, 0) is 6.54 Å². The van der Waals surface area contributed by atoms with Crippen LogP contribution in [0.3, 0.4) is 0 Å². The standard InChI is InChI=1S/C14H16ClNOS/c1-10(2)17-14-6-5-11(8-13(14)15)16-9-12-4-3-7-18-12/h3-8,10,16H,9H2,1-2H3. The van der Waals surface area contributed by atoms with E-state index < -0.39 is 0 Å². The van der Waals surface area contributed by atoms with Gasteiger partial charge in [-0.15, -0.1) is 11.3 Å². The summed E-state index contributed by atoms with van der Waals surface area (Å²) in [6.45, 7) is 4.79. The SMILES string of the molecule is CC(C)Oc1ccc(NCc2cccs2)cc1Cl. The molecule has 1 heterocycles. The minimum absolute atomic E-state index is 0.132. The zero-order valence-corrected chi connectivity index (χ0v) is 12.0. The van der Waals surface area contributed by atoms with Crippen LogP contribution in [-0.4, -0.2) is 6.10 Å². The maximum atomic E-state index is 6.17. The smallest absolute Gasteiger partial charge is 0.138 e. The van der Waals surface area contributed by atoms with Gasteiger partial charge in [-0.05, 0) is 43.5 Å². The summed E-state index contributed by atoms with van der Waals surface area (Å²) in [6.07, 6.45) is 0.132. The Morgan fingerprint density at radius 3 is 2.78 bits per heavy atom. The molecule has 4 heteroatoms. The van der Waals surface area contributed by atoms with Gasteiger partial charge in [0.2, 0.25) is 0 Å². The van der Waals surface area contributed by atoms with E-state index in [0.717, 1.165) is 18.0 Å². The number of halogens is 1. The number of hydrogen-bond donors (Lipinski definition) is 1. The Balaban J connectivity index is 2.00. The number of ether oxygens (including phenoxy) is 1. The third kappa shape index (κ3) is 3.65. The fourth-order valence-corrected chi connectivity index (χ4v) is 2.43. The first-order chi connectivity index (χ1) is 8.65. The van der Waals surface area contributed by atoms with Gasteiger partial charge in [0.25, 0.3) is 0 Å². The first-order valence-corrected chi connectivity index (χ1v) is 7.13. The highest BCUT2D eigenvalue weighted by Gasteiger charge is 2.05. The fourth-order valence-electron chi connectivity index (χ4n) is 1.56. The van der Waals surface area contributed by atoms with Crippen LogP contribution >= 0.6 is 22.9 Å². The molecular formula is C14H16ClNOS. The van der Waals surface area contributed by atoms with Crippen LogP contribution in [0.2, 0.25) is 5.02 Å². The molecule has 2 nitrogen and oxygen atoms in total. The largest absolute Gasteiger partial charge is 0.489 e. The number of thiophene rings is 1. The molecule has 0 atom stereocenters. The van der Waals surface area contributed by atoms with E-state index in [0.29, 0.717) is 5.02 Å². The molecule has 1 N–H and O–H groups in total. The number of rotatable bonds is 5. The lowest BCUT2D eigenvalue weighted by atomic mass is 10.3. The van der Waals surface area contributed by atoms with Crippen LogP contribution in [0.15, 0.2) is 35.7 Å². The van der Waals surface area contributed by atoms with Gasteiger partial charge in [0.1, 0.15) is 5.75 Å². The summed E-state index contributed by atoms with van der Waals surface area (Å²) in [5.74, 6) is 0.730. The summed E-state index contributed by atoms with van der Waals surface area (Å²) < 4.78 is 5.59. The van der Waals surface area contributed by atoms with Crippen LogP contribution in [0, 0.1) is 0 Å². The lowest BCUT2D eigenvalue weighted by Gasteiger charge is -2.12. The Bertz CT molecular complexity index is 497. The van der Waals surface area contributed by atoms with Gasteiger partial charge in [-0.1, -0.05) is 17.7 Å². The molecule has 0 bridgehead atoms. The van der Waals surface area contributed by atoms with Crippen molar-refractivity contribution in [2.24, 2.45) is 0 Å². The molecule has 1 aromatic heterocycles. The summed E-state index contributed by atoms with van der Waals surface area (Å²) in [7, 11) is 0. The van der Waals surface area contributed by atoms with E-state index in [1.165, 1.54) is 4.88 Å². The summed E-state index contributed by atoms with van der Waals surface area (Å²) in [5, 5.41) is 6.05. The van der Waals surface area contributed by atoms with Crippen LogP contribution in [0.4, 0.5) is 5.69 Å². The van der Waals surface area contributed by atoms with E-state index in [9.17, 15) is 0 Å². The summed E-state index contributed by atoms with van der Waals surface area (Å²) in [6, 6.07) is 9.94. The van der Waals surface area contributed by atoms with Gasteiger partial charge in [-0.2, -0.15) is 0 Å². The van der Waals surface area contributed by atoms with E-state index in [-0.39, 0.29) is 6.10 Å². The zero-order valence-electron chi connectivity index (χ0n) is 10.4. The zero-order chi connectivity index (χ0) is 13.0. The second-order valence-corrected chi connectivity index (χ2v) is 5.68. The predicted molar refractivity (Wildman–Crippen MR) is 78.9 cm³/mol. The molecule has 18 heavy (non-hydrogen) atoms. The first kappa shape index (κ1) is 13.2. The third-order valence-corrected chi connectivity index (χ3v) is 3.51. The number of nitrogens with one attached hydrogen (secondary N) is 1. The molecule has 0 radical (unpaired) electrons. The van der Waals surface area contributed by atoms with Crippen LogP contribution in [0.1, 0.15) is 18.7 Å². The molecule has 0 amide bonds. The van der Waals surface area contributed by atoms with Gasteiger partial charge in [0, 0.05) is 17.1 Å². The highest BCUT2D eigenvalue weighted by molar-refractivity contribution is 7.09. The van der Waals surface area contributed by atoms with Gasteiger partial charge in [-0.3, -0.25) is 0 Å². The Hall–Kier alpha value is -1.19. The van der Waals surface area contributed by atoms with Crippen molar-refractivity contribution in [1.82, 2.24) is 0 Å². The van der Waals surface area contributed by atoms with Gasteiger partial charge >= 0.3 is 0 Å². The normalized spacial score (nSPS) is 10.7. The average molecular weight is 282 g/mol. The Morgan fingerprint density at radius 2 is 2.17 bits per heavy atom. The number of hydrogen-bond acceptors (Lipinski definition) is 3. The molecule has 2 rings (SSSR count). The van der Waals surface area contributed by atoms with Crippen LogP contribution in [0.5, 0.6) is 5.75 Å². The number of anilines is 1. The van der Waals surface area contributed by atoms with Crippen LogP contribution < -0.4 is 10.1 Å². The molecule has 1 aromatic carbocycles. The van der Waals surface area contributed by atoms with E-state index in [4.69, 9.17) is 16.3 Å². The molecule has 0 aliphatic carbocycles. The second kappa shape index (κ2) is 6.12. The van der Waals surface area contributed by atoms with Crippen molar-refractivity contribution in [2.75, 3.05) is 5.32 Å². The van der Waals surface area contributed by atoms with Gasteiger partial charge < -0.3 is 10.1 Å². The maximum absolute atomic E-state index is 6.17. The second-order valence-electron chi connectivity index (χ2n) is 4.24. The Labute approximate surface area is 117 Å². The van der Waals surface area contributed by atoms with E-state index in [1.807, 2.05) is 38.1 Å². The summed E-state index contributed by atoms with van der Waals surface area (Å²) in [5.41, 5.74) is 1.00. The fraction of sp³-hybridized carbons (Fsp3) is 0.286. The quantitative estimate of drug-likeness (QED) is 0.850. The van der Waals surface area contributed by atoms with Crippen molar-refractivity contribution in [1.29, 1.82) is 0 Å². The lowest BCUT2D eigenvalue weighted by molar-refractivity contribution is 0.242. The molecule has 0 aliphatic rings. The van der Waals surface area contributed by atoms with Gasteiger partial charge in [0.05, 0.1) is 11.1 Å². The highest BCUT2D eigenvalue weighted by atomic mass is 35.5. The lowest BCUT2D eigenvalue weighted by Crippen LogP contribution is -2.06. The van der Waals surface area contributed by atoms with Crippen molar-refractivity contribution in [2.45, 2.75) is 26.5 Å². The van der Waals surface area contributed by atoms with Crippen molar-refractivity contribution in [3.8, 4) is 5.75 Å². The minimum Gasteiger partial charge on any atom is -0.489 e. The topological polar surface area (TPSA) is 21.3 Å². The van der Waals surface area contributed by atoms with Gasteiger partial charge in [0.15, 0.2) is 0 Å². The predicted octanol–water partition coefficient (Wildman–Crippen LogP) is 4.80. The molecule has 0 fully saturated rings. The highest BCUT2D eigenvalue weighted by Crippen LogP contribution is 2.28. The molecule has 0 saturated heterocycles. The molecule has 0 unspecified atom stereocenters. The minimum atomic E-state index is 0.132. The summed E-state index contributed by atoms with van der Waals surface area (Å²) >= 11 is 7.91. The molecular weight excluding hydrogens is 266 g/mol. The maximum Gasteiger partial charge on any atom is 0.138 e.